The van der Waals surface area contributed by atoms with E-state index in [4.69, 9.17) is 4.42 Å². The van der Waals surface area contributed by atoms with Crippen LogP contribution in [-0.4, -0.2) is 15.5 Å². The number of nitrogens with zero attached hydrogens (tertiary/aromatic N) is 2. The third-order valence-electron chi connectivity index (χ3n) is 4.44. The Morgan fingerprint density at radius 3 is 2.78 bits per heavy atom. The molecular formula is C21H18FN3O2. The molecule has 0 spiro atoms. The van der Waals surface area contributed by atoms with Crippen LogP contribution in [0.1, 0.15) is 18.7 Å². The van der Waals surface area contributed by atoms with Gasteiger partial charge in [-0.2, -0.15) is 0 Å². The van der Waals surface area contributed by atoms with Gasteiger partial charge >= 0.3 is 0 Å². The summed E-state index contributed by atoms with van der Waals surface area (Å²) in [4.78, 5) is 17.1. The molecule has 0 aliphatic carbocycles. The Bertz CT molecular complexity index is 1070. The molecule has 0 bridgehead atoms. The number of hydrogen-bond donors (Lipinski definition) is 1. The number of carbonyl (C=O) groups is 1. The van der Waals surface area contributed by atoms with Gasteiger partial charge in [-0.1, -0.05) is 0 Å². The number of hydrogen-bond acceptors (Lipinski definition) is 3. The summed E-state index contributed by atoms with van der Waals surface area (Å²) < 4.78 is 20.5. The minimum atomic E-state index is -0.301. The van der Waals surface area contributed by atoms with Crippen molar-refractivity contribution in [2.75, 3.05) is 0 Å². The van der Waals surface area contributed by atoms with Crippen LogP contribution >= 0.6 is 0 Å². The van der Waals surface area contributed by atoms with Gasteiger partial charge in [0, 0.05) is 11.6 Å². The molecule has 27 heavy (non-hydrogen) atoms. The number of rotatable bonds is 5. The van der Waals surface area contributed by atoms with Crippen molar-refractivity contribution in [1.29, 1.82) is 0 Å². The van der Waals surface area contributed by atoms with E-state index in [1.165, 1.54) is 12.1 Å². The summed E-state index contributed by atoms with van der Waals surface area (Å²) in [6.45, 7) is 1.96. The Morgan fingerprint density at radius 1 is 1.22 bits per heavy atom. The van der Waals surface area contributed by atoms with Crippen molar-refractivity contribution in [3.05, 3.63) is 78.6 Å². The maximum absolute atomic E-state index is 13.3. The van der Waals surface area contributed by atoms with Gasteiger partial charge in [-0.05, 0) is 67.1 Å². The molecule has 1 aromatic carbocycles. The van der Waals surface area contributed by atoms with Gasteiger partial charge in [0.2, 0.25) is 5.91 Å². The average Bonchev–Trinajstić information content (AvgIpc) is 3.31. The van der Waals surface area contributed by atoms with E-state index in [-0.39, 0.29) is 24.3 Å². The maximum atomic E-state index is 13.3. The van der Waals surface area contributed by atoms with Gasteiger partial charge in [0.1, 0.15) is 23.8 Å². The first-order valence-corrected chi connectivity index (χ1v) is 8.65. The minimum absolute atomic E-state index is 0.0955. The van der Waals surface area contributed by atoms with Crippen LogP contribution in [0.4, 0.5) is 4.39 Å². The van der Waals surface area contributed by atoms with Gasteiger partial charge in [0.15, 0.2) is 0 Å². The van der Waals surface area contributed by atoms with E-state index < -0.39 is 0 Å². The van der Waals surface area contributed by atoms with Crippen molar-refractivity contribution in [3.63, 3.8) is 0 Å². The van der Waals surface area contributed by atoms with Crippen LogP contribution in [0.15, 0.2) is 71.5 Å². The number of amides is 1. The molecule has 6 heteroatoms. The standard InChI is InChI=1S/C21H18FN3O2/c1-14(19-5-3-11-27-19)24-20(26)13-25-18(15-6-8-17(22)9-7-15)12-16-4-2-10-23-21(16)25/h2-12,14H,13H2,1H3,(H,24,26)/t14-/m0/s1. The normalized spacial score (nSPS) is 12.2. The molecule has 4 aromatic rings. The van der Waals surface area contributed by atoms with Crippen LogP contribution in [0.5, 0.6) is 0 Å². The first-order valence-electron chi connectivity index (χ1n) is 8.65. The fraction of sp³-hybridized carbons (Fsp3) is 0.143. The molecule has 136 valence electrons. The van der Waals surface area contributed by atoms with E-state index in [0.717, 1.165) is 16.6 Å². The van der Waals surface area contributed by atoms with Gasteiger partial charge in [0.05, 0.1) is 18.0 Å². The third-order valence-corrected chi connectivity index (χ3v) is 4.44. The fourth-order valence-electron chi connectivity index (χ4n) is 3.15. The molecule has 4 rings (SSSR count). The van der Waals surface area contributed by atoms with Crippen LogP contribution < -0.4 is 5.32 Å². The predicted molar refractivity (Wildman–Crippen MR) is 100 cm³/mol. The Labute approximate surface area is 155 Å². The Morgan fingerprint density at radius 2 is 2.04 bits per heavy atom. The molecule has 3 aromatic heterocycles. The number of nitrogens with one attached hydrogen (secondary N) is 1. The number of benzene rings is 1. The molecule has 0 aliphatic heterocycles. The number of pyridine rings is 1. The average molecular weight is 363 g/mol. The molecule has 0 aliphatic rings. The highest BCUT2D eigenvalue weighted by Crippen LogP contribution is 2.27. The monoisotopic (exact) mass is 363 g/mol. The minimum Gasteiger partial charge on any atom is -0.467 e. The van der Waals surface area contributed by atoms with E-state index in [1.807, 2.05) is 35.8 Å². The first-order chi connectivity index (χ1) is 13.1. The summed E-state index contributed by atoms with van der Waals surface area (Å²) in [5, 5.41) is 3.85. The quantitative estimate of drug-likeness (QED) is 0.575. The third kappa shape index (κ3) is 3.46. The second-order valence-corrected chi connectivity index (χ2v) is 6.34. The SMILES string of the molecule is C[C@H](NC(=O)Cn1c(-c2ccc(F)cc2)cc2cccnc21)c1ccco1. The zero-order valence-electron chi connectivity index (χ0n) is 14.7. The molecule has 0 radical (unpaired) electrons. The topological polar surface area (TPSA) is 60.1 Å². The van der Waals surface area contributed by atoms with Gasteiger partial charge in [-0.15, -0.1) is 0 Å². The van der Waals surface area contributed by atoms with Crippen LogP contribution in [0.25, 0.3) is 22.3 Å². The second-order valence-electron chi connectivity index (χ2n) is 6.34. The summed E-state index contributed by atoms with van der Waals surface area (Å²) in [6.07, 6.45) is 3.27. The molecule has 3 heterocycles. The number of carbonyl (C=O) groups excluding carboxylic acids is 1. The molecule has 1 amide bonds. The molecular weight excluding hydrogens is 345 g/mol. The predicted octanol–water partition coefficient (Wildman–Crippen LogP) is 4.31. The maximum Gasteiger partial charge on any atom is 0.240 e. The van der Waals surface area contributed by atoms with Crippen LogP contribution in [0.2, 0.25) is 0 Å². The smallest absolute Gasteiger partial charge is 0.240 e. The summed E-state index contributed by atoms with van der Waals surface area (Å²) in [6, 6.07) is 15.3. The van der Waals surface area contributed by atoms with E-state index in [0.29, 0.717) is 11.4 Å². The van der Waals surface area contributed by atoms with Gasteiger partial charge in [0.25, 0.3) is 0 Å². The zero-order chi connectivity index (χ0) is 18.8. The van der Waals surface area contributed by atoms with Crippen molar-refractivity contribution in [2.24, 2.45) is 0 Å². The highest BCUT2D eigenvalue weighted by molar-refractivity contribution is 5.87. The largest absolute Gasteiger partial charge is 0.467 e. The van der Waals surface area contributed by atoms with Crippen molar-refractivity contribution in [2.45, 2.75) is 19.5 Å². The van der Waals surface area contributed by atoms with E-state index in [1.54, 1.807) is 30.7 Å². The summed E-state index contributed by atoms with van der Waals surface area (Å²) >= 11 is 0. The second kappa shape index (κ2) is 7.07. The van der Waals surface area contributed by atoms with Crippen LogP contribution in [0, 0.1) is 5.82 Å². The molecule has 1 N–H and O–H groups in total. The van der Waals surface area contributed by atoms with Crippen LogP contribution in [-0.2, 0) is 11.3 Å². The number of furan rings is 1. The van der Waals surface area contributed by atoms with Crippen molar-refractivity contribution in [3.8, 4) is 11.3 Å². The van der Waals surface area contributed by atoms with Gasteiger partial charge in [-0.25, -0.2) is 9.37 Å². The fourth-order valence-corrected chi connectivity index (χ4v) is 3.15. The van der Waals surface area contributed by atoms with Gasteiger partial charge < -0.3 is 14.3 Å². The highest BCUT2D eigenvalue weighted by atomic mass is 19.1. The summed E-state index contributed by atoms with van der Waals surface area (Å²) in [5.41, 5.74) is 2.34. The number of fused-ring (bicyclic) bond motifs is 1. The zero-order valence-corrected chi connectivity index (χ0v) is 14.7. The van der Waals surface area contributed by atoms with Crippen LogP contribution in [0.3, 0.4) is 0 Å². The lowest BCUT2D eigenvalue weighted by Gasteiger charge is -2.14. The molecule has 1 atom stereocenters. The number of halogens is 1. The lowest BCUT2D eigenvalue weighted by molar-refractivity contribution is -0.122. The van der Waals surface area contributed by atoms with Crippen molar-refractivity contribution < 1.29 is 13.6 Å². The molecule has 0 fully saturated rings. The molecule has 0 unspecified atom stereocenters. The van der Waals surface area contributed by atoms with Gasteiger partial charge in [-0.3, -0.25) is 4.79 Å². The summed E-state index contributed by atoms with van der Waals surface area (Å²) in [5.74, 6) is 0.229. The van der Waals surface area contributed by atoms with Crippen molar-refractivity contribution in [1.82, 2.24) is 14.9 Å². The van der Waals surface area contributed by atoms with Crippen molar-refractivity contribution >= 4 is 16.9 Å². The Hall–Kier alpha value is -3.41. The van der Waals surface area contributed by atoms with E-state index >= 15 is 0 Å². The lowest BCUT2D eigenvalue weighted by Crippen LogP contribution is -2.30. The van der Waals surface area contributed by atoms with E-state index in [2.05, 4.69) is 10.3 Å². The lowest BCUT2D eigenvalue weighted by atomic mass is 10.1. The highest BCUT2D eigenvalue weighted by Gasteiger charge is 2.17. The Balaban J connectivity index is 1.66. The summed E-state index contributed by atoms with van der Waals surface area (Å²) in [7, 11) is 0. The molecule has 5 nitrogen and oxygen atoms in total. The first kappa shape index (κ1) is 17.0. The van der Waals surface area contributed by atoms with E-state index in [9.17, 15) is 9.18 Å². The molecule has 0 saturated carbocycles. The Kier molecular flexibility index (Phi) is 4.46. The molecule has 0 saturated heterocycles. The number of aromatic nitrogens is 2.